The molecular weight excluding hydrogens is 326 g/mol. The van der Waals surface area contributed by atoms with Crippen LogP contribution in [0.25, 0.3) is 0 Å². The summed E-state index contributed by atoms with van der Waals surface area (Å²) >= 11 is 0. The number of guanidine groups is 1. The zero-order valence-electron chi connectivity index (χ0n) is 16.5. The number of aliphatic imine (C=N–C) groups is 1. The van der Waals surface area contributed by atoms with E-state index in [-0.39, 0.29) is 18.0 Å². The van der Waals surface area contributed by atoms with Crippen LogP contribution in [0.3, 0.4) is 0 Å². The molecule has 0 radical (unpaired) electrons. The number of hydrogen-bond donors (Lipinski definition) is 3. The van der Waals surface area contributed by atoms with Crippen LogP contribution in [-0.4, -0.2) is 44.6 Å². The van der Waals surface area contributed by atoms with Gasteiger partial charge in [0.1, 0.15) is 0 Å². The first-order chi connectivity index (χ1) is 12.5. The van der Waals surface area contributed by atoms with Gasteiger partial charge in [-0.05, 0) is 51.3 Å². The van der Waals surface area contributed by atoms with Crippen molar-refractivity contribution in [2.24, 2.45) is 4.99 Å². The average molecular weight is 360 g/mol. The van der Waals surface area contributed by atoms with E-state index in [2.05, 4.69) is 57.0 Å². The van der Waals surface area contributed by atoms with Gasteiger partial charge in [-0.3, -0.25) is 9.79 Å². The summed E-state index contributed by atoms with van der Waals surface area (Å²) in [4.78, 5) is 18.4. The van der Waals surface area contributed by atoms with Crippen molar-refractivity contribution in [1.82, 2.24) is 16.0 Å². The van der Waals surface area contributed by atoms with Crippen molar-refractivity contribution in [2.45, 2.75) is 52.1 Å². The Morgan fingerprint density at radius 1 is 1.19 bits per heavy atom. The van der Waals surface area contributed by atoms with E-state index in [1.165, 1.54) is 24.1 Å². The molecule has 0 aromatic heterocycles. The number of benzene rings is 1. The summed E-state index contributed by atoms with van der Waals surface area (Å²) in [6, 6.07) is 9.00. The van der Waals surface area contributed by atoms with E-state index in [1.54, 1.807) is 7.05 Å². The first-order valence-corrected chi connectivity index (χ1v) is 9.61. The van der Waals surface area contributed by atoms with Crippen LogP contribution in [0.4, 0.5) is 5.69 Å². The maximum Gasteiger partial charge on any atom is 0.221 e. The third-order valence-electron chi connectivity index (χ3n) is 4.51. The Labute approximate surface area is 157 Å². The van der Waals surface area contributed by atoms with E-state index in [0.717, 1.165) is 13.1 Å². The predicted octanol–water partition coefficient (Wildman–Crippen LogP) is 2.43. The van der Waals surface area contributed by atoms with E-state index in [4.69, 9.17) is 0 Å². The number of nitrogens with zero attached hydrogens (tertiary/aromatic N) is 2. The smallest absolute Gasteiger partial charge is 0.221 e. The minimum atomic E-state index is 0.0503. The molecule has 1 fully saturated rings. The topological polar surface area (TPSA) is 68.8 Å². The lowest BCUT2D eigenvalue weighted by molar-refractivity contribution is -0.121. The molecule has 1 aliphatic rings. The fourth-order valence-corrected chi connectivity index (χ4v) is 3.14. The quantitative estimate of drug-likeness (QED) is 0.517. The van der Waals surface area contributed by atoms with Crippen molar-refractivity contribution < 1.29 is 4.79 Å². The minimum absolute atomic E-state index is 0.0503. The van der Waals surface area contributed by atoms with Gasteiger partial charge in [0.2, 0.25) is 5.91 Å². The molecule has 1 aliphatic heterocycles. The first kappa shape index (κ1) is 20.1. The molecule has 2 rings (SSSR count). The summed E-state index contributed by atoms with van der Waals surface area (Å²) < 4.78 is 0. The molecule has 1 unspecified atom stereocenters. The Kier molecular flexibility index (Phi) is 7.75. The molecule has 6 heteroatoms. The molecule has 1 aromatic rings. The number of rotatable bonds is 7. The lowest BCUT2D eigenvalue weighted by Gasteiger charge is -2.22. The molecule has 0 spiro atoms. The molecule has 144 valence electrons. The van der Waals surface area contributed by atoms with Gasteiger partial charge in [0.15, 0.2) is 5.96 Å². The van der Waals surface area contributed by atoms with Gasteiger partial charge in [-0.15, -0.1) is 0 Å². The molecule has 1 heterocycles. The zero-order valence-corrected chi connectivity index (χ0v) is 16.5. The van der Waals surface area contributed by atoms with E-state index in [0.29, 0.717) is 18.9 Å². The Bertz CT molecular complexity index is 608. The van der Waals surface area contributed by atoms with E-state index in [1.807, 2.05) is 13.8 Å². The summed E-state index contributed by atoms with van der Waals surface area (Å²) in [5.74, 6) is 0.760. The van der Waals surface area contributed by atoms with Crippen molar-refractivity contribution in [3.63, 3.8) is 0 Å². The van der Waals surface area contributed by atoms with Crippen LogP contribution in [-0.2, 0) is 4.79 Å². The third kappa shape index (κ3) is 6.24. The van der Waals surface area contributed by atoms with Crippen LogP contribution in [0, 0.1) is 0 Å². The number of nitrogens with one attached hydrogen (secondary N) is 3. The highest BCUT2D eigenvalue weighted by molar-refractivity contribution is 5.81. The molecular formula is C20H33N5O. The monoisotopic (exact) mass is 359 g/mol. The van der Waals surface area contributed by atoms with Gasteiger partial charge in [-0.25, -0.2) is 0 Å². The standard InChI is InChI=1S/C20H33N5O/c1-15(2)23-19(26)10-11-22-20(21-4)24-16(3)17-8-7-9-18(14-17)25-12-5-6-13-25/h7-9,14-16H,5-6,10-13H2,1-4H3,(H,23,26)(H2,21,22,24). The fraction of sp³-hybridized carbons (Fsp3) is 0.600. The Morgan fingerprint density at radius 3 is 2.58 bits per heavy atom. The number of hydrogen-bond acceptors (Lipinski definition) is 3. The molecule has 0 bridgehead atoms. The summed E-state index contributed by atoms with van der Waals surface area (Å²) in [5.41, 5.74) is 2.52. The highest BCUT2D eigenvalue weighted by atomic mass is 16.1. The van der Waals surface area contributed by atoms with Crippen molar-refractivity contribution >= 4 is 17.6 Å². The van der Waals surface area contributed by atoms with Gasteiger partial charge < -0.3 is 20.9 Å². The van der Waals surface area contributed by atoms with Gasteiger partial charge in [-0.1, -0.05) is 12.1 Å². The average Bonchev–Trinajstić information content (AvgIpc) is 3.15. The third-order valence-corrected chi connectivity index (χ3v) is 4.51. The van der Waals surface area contributed by atoms with Crippen LogP contribution in [0.2, 0.25) is 0 Å². The number of carbonyl (C=O) groups excluding carboxylic acids is 1. The largest absolute Gasteiger partial charge is 0.372 e. The molecule has 1 saturated heterocycles. The minimum Gasteiger partial charge on any atom is -0.372 e. The van der Waals surface area contributed by atoms with Crippen molar-refractivity contribution in [3.05, 3.63) is 29.8 Å². The van der Waals surface area contributed by atoms with Gasteiger partial charge in [0, 0.05) is 44.8 Å². The van der Waals surface area contributed by atoms with E-state index >= 15 is 0 Å². The van der Waals surface area contributed by atoms with Crippen LogP contribution in [0.15, 0.2) is 29.3 Å². The van der Waals surface area contributed by atoms with Gasteiger partial charge >= 0.3 is 0 Å². The zero-order chi connectivity index (χ0) is 18.9. The van der Waals surface area contributed by atoms with Crippen LogP contribution in [0.5, 0.6) is 0 Å². The molecule has 1 amide bonds. The Hall–Kier alpha value is -2.24. The summed E-state index contributed by atoms with van der Waals surface area (Å²) in [7, 11) is 1.75. The highest BCUT2D eigenvalue weighted by Gasteiger charge is 2.14. The number of anilines is 1. The van der Waals surface area contributed by atoms with E-state index in [9.17, 15) is 4.79 Å². The molecule has 3 N–H and O–H groups in total. The Balaban J connectivity index is 1.85. The summed E-state index contributed by atoms with van der Waals surface area (Å²) in [6.07, 6.45) is 2.98. The summed E-state index contributed by atoms with van der Waals surface area (Å²) in [6.45, 7) is 8.90. The van der Waals surface area contributed by atoms with Crippen molar-refractivity contribution in [3.8, 4) is 0 Å². The summed E-state index contributed by atoms with van der Waals surface area (Å²) in [5, 5.41) is 9.51. The van der Waals surface area contributed by atoms with Crippen molar-refractivity contribution in [2.75, 3.05) is 31.6 Å². The molecule has 1 aromatic carbocycles. The van der Waals surface area contributed by atoms with Gasteiger partial charge in [0.25, 0.3) is 0 Å². The van der Waals surface area contributed by atoms with Crippen LogP contribution in [0.1, 0.15) is 51.6 Å². The maximum absolute atomic E-state index is 11.7. The molecule has 26 heavy (non-hydrogen) atoms. The van der Waals surface area contributed by atoms with Gasteiger partial charge in [-0.2, -0.15) is 0 Å². The number of carbonyl (C=O) groups is 1. The normalized spacial score (nSPS) is 15.9. The fourth-order valence-electron chi connectivity index (χ4n) is 3.14. The van der Waals surface area contributed by atoms with Crippen LogP contribution >= 0.6 is 0 Å². The highest BCUT2D eigenvalue weighted by Crippen LogP contribution is 2.23. The van der Waals surface area contributed by atoms with Crippen molar-refractivity contribution in [1.29, 1.82) is 0 Å². The molecule has 6 nitrogen and oxygen atoms in total. The molecule has 0 saturated carbocycles. The lowest BCUT2D eigenvalue weighted by atomic mass is 10.1. The molecule has 1 atom stereocenters. The second kappa shape index (κ2) is 10.0. The van der Waals surface area contributed by atoms with Crippen LogP contribution < -0.4 is 20.9 Å². The second-order valence-electron chi connectivity index (χ2n) is 7.13. The molecule has 0 aliphatic carbocycles. The Morgan fingerprint density at radius 2 is 1.92 bits per heavy atom. The lowest BCUT2D eigenvalue weighted by Crippen LogP contribution is -2.41. The van der Waals surface area contributed by atoms with E-state index < -0.39 is 0 Å². The number of amides is 1. The SMILES string of the molecule is CN=C(NCCC(=O)NC(C)C)NC(C)c1cccc(N2CCCC2)c1. The predicted molar refractivity (Wildman–Crippen MR) is 109 cm³/mol. The van der Waals surface area contributed by atoms with Gasteiger partial charge in [0.05, 0.1) is 6.04 Å². The maximum atomic E-state index is 11.7. The second-order valence-corrected chi connectivity index (χ2v) is 7.13. The first-order valence-electron chi connectivity index (χ1n) is 9.61.